The van der Waals surface area contributed by atoms with E-state index in [0.717, 1.165) is 22.1 Å². The smallest absolute Gasteiger partial charge is 0.224 e. The molecule has 0 aliphatic heterocycles. The number of halogens is 1. The number of hydrogen-bond acceptors (Lipinski definition) is 2. The number of ether oxygens (including phenoxy) is 1. The van der Waals surface area contributed by atoms with Gasteiger partial charge in [0, 0.05) is 10.9 Å². The molecule has 0 saturated carbocycles. The SMILES string of the molecule is CCCC(=O)Nc1c(C)cc(Br)cc1OC. The van der Waals surface area contributed by atoms with Crippen LogP contribution in [-0.2, 0) is 4.79 Å². The fraction of sp³-hybridized carbons (Fsp3) is 0.417. The summed E-state index contributed by atoms with van der Waals surface area (Å²) in [5, 5.41) is 2.87. The number of amides is 1. The summed E-state index contributed by atoms with van der Waals surface area (Å²) in [5.74, 6) is 0.697. The molecule has 0 aliphatic rings. The third-order valence-electron chi connectivity index (χ3n) is 2.23. The van der Waals surface area contributed by atoms with Crippen molar-refractivity contribution in [3.8, 4) is 5.75 Å². The van der Waals surface area contributed by atoms with Crippen molar-refractivity contribution >= 4 is 27.5 Å². The van der Waals surface area contributed by atoms with Crippen LogP contribution in [0.15, 0.2) is 16.6 Å². The van der Waals surface area contributed by atoms with Crippen molar-refractivity contribution in [3.05, 3.63) is 22.2 Å². The number of rotatable bonds is 4. The molecule has 0 spiro atoms. The number of aryl methyl sites for hydroxylation is 1. The third-order valence-corrected chi connectivity index (χ3v) is 2.68. The first-order valence-electron chi connectivity index (χ1n) is 5.22. The van der Waals surface area contributed by atoms with Gasteiger partial charge in [-0.15, -0.1) is 0 Å². The monoisotopic (exact) mass is 285 g/mol. The molecule has 0 aromatic heterocycles. The van der Waals surface area contributed by atoms with E-state index in [4.69, 9.17) is 4.74 Å². The Morgan fingerprint density at radius 1 is 1.50 bits per heavy atom. The van der Waals surface area contributed by atoms with Crippen LogP contribution in [0.3, 0.4) is 0 Å². The van der Waals surface area contributed by atoms with E-state index in [1.54, 1.807) is 7.11 Å². The molecule has 4 heteroatoms. The van der Waals surface area contributed by atoms with Gasteiger partial charge in [0.05, 0.1) is 12.8 Å². The molecule has 1 aromatic rings. The fourth-order valence-corrected chi connectivity index (χ4v) is 2.01. The molecule has 0 heterocycles. The summed E-state index contributed by atoms with van der Waals surface area (Å²) in [6.07, 6.45) is 1.36. The van der Waals surface area contributed by atoms with E-state index in [9.17, 15) is 4.79 Å². The van der Waals surface area contributed by atoms with Crippen molar-refractivity contribution in [2.75, 3.05) is 12.4 Å². The van der Waals surface area contributed by atoms with Crippen LogP contribution in [-0.4, -0.2) is 13.0 Å². The van der Waals surface area contributed by atoms with Crippen LogP contribution in [0.1, 0.15) is 25.3 Å². The van der Waals surface area contributed by atoms with E-state index in [1.165, 1.54) is 0 Å². The molecule has 1 aromatic carbocycles. The highest BCUT2D eigenvalue weighted by Gasteiger charge is 2.10. The first-order chi connectivity index (χ1) is 7.58. The lowest BCUT2D eigenvalue weighted by atomic mass is 10.1. The second-order valence-electron chi connectivity index (χ2n) is 3.60. The van der Waals surface area contributed by atoms with Gasteiger partial charge in [-0.25, -0.2) is 0 Å². The molecular formula is C12H16BrNO2. The number of carbonyl (C=O) groups excluding carboxylic acids is 1. The Hall–Kier alpha value is -1.03. The van der Waals surface area contributed by atoms with Crippen molar-refractivity contribution in [2.45, 2.75) is 26.7 Å². The fourth-order valence-electron chi connectivity index (χ4n) is 1.46. The van der Waals surface area contributed by atoms with E-state index < -0.39 is 0 Å². The molecule has 0 bridgehead atoms. The maximum atomic E-state index is 11.5. The average Bonchev–Trinajstić information content (AvgIpc) is 2.22. The summed E-state index contributed by atoms with van der Waals surface area (Å²) in [6.45, 7) is 3.92. The van der Waals surface area contributed by atoms with Crippen LogP contribution in [0, 0.1) is 6.92 Å². The van der Waals surface area contributed by atoms with Gasteiger partial charge in [0.2, 0.25) is 5.91 Å². The molecule has 16 heavy (non-hydrogen) atoms. The number of anilines is 1. The molecular weight excluding hydrogens is 270 g/mol. The van der Waals surface area contributed by atoms with Crippen LogP contribution in [0.2, 0.25) is 0 Å². The first kappa shape index (κ1) is 13.0. The number of carbonyl (C=O) groups is 1. The minimum absolute atomic E-state index is 0.0197. The number of hydrogen-bond donors (Lipinski definition) is 1. The third kappa shape index (κ3) is 3.23. The van der Waals surface area contributed by atoms with E-state index in [0.29, 0.717) is 12.2 Å². The molecule has 0 radical (unpaired) electrons. The van der Waals surface area contributed by atoms with Crippen molar-refractivity contribution in [2.24, 2.45) is 0 Å². The molecule has 0 aliphatic carbocycles. The van der Waals surface area contributed by atoms with Crippen LogP contribution in [0.5, 0.6) is 5.75 Å². The summed E-state index contributed by atoms with van der Waals surface area (Å²) < 4.78 is 6.18. The van der Waals surface area contributed by atoms with Crippen molar-refractivity contribution in [1.29, 1.82) is 0 Å². The lowest BCUT2D eigenvalue weighted by molar-refractivity contribution is -0.116. The zero-order valence-corrected chi connectivity index (χ0v) is 11.3. The van der Waals surface area contributed by atoms with E-state index in [1.807, 2.05) is 26.0 Å². The topological polar surface area (TPSA) is 38.3 Å². The van der Waals surface area contributed by atoms with E-state index in [-0.39, 0.29) is 5.91 Å². The molecule has 1 amide bonds. The van der Waals surface area contributed by atoms with Crippen LogP contribution in [0.4, 0.5) is 5.69 Å². The summed E-state index contributed by atoms with van der Waals surface area (Å²) in [6, 6.07) is 3.79. The van der Waals surface area contributed by atoms with E-state index >= 15 is 0 Å². The predicted molar refractivity (Wildman–Crippen MR) is 69.0 cm³/mol. The molecule has 0 saturated heterocycles. The van der Waals surface area contributed by atoms with Gasteiger partial charge in [-0.2, -0.15) is 0 Å². The summed E-state index contributed by atoms with van der Waals surface area (Å²) in [4.78, 5) is 11.5. The molecule has 0 unspecified atom stereocenters. The minimum Gasteiger partial charge on any atom is -0.495 e. The maximum absolute atomic E-state index is 11.5. The predicted octanol–water partition coefficient (Wildman–Crippen LogP) is 3.50. The zero-order chi connectivity index (χ0) is 12.1. The Bertz CT molecular complexity index is 391. The molecule has 1 N–H and O–H groups in total. The number of nitrogens with one attached hydrogen (secondary N) is 1. The molecule has 0 atom stereocenters. The molecule has 1 rings (SSSR count). The van der Waals surface area contributed by atoms with Crippen LogP contribution in [0.25, 0.3) is 0 Å². The second-order valence-corrected chi connectivity index (χ2v) is 4.51. The standard InChI is InChI=1S/C12H16BrNO2/c1-4-5-11(15)14-12-8(2)6-9(13)7-10(12)16-3/h6-7H,4-5H2,1-3H3,(H,14,15). The van der Waals surface area contributed by atoms with Crippen molar-refractivity contribution in [3.63, 3.8) is 0 Å². The average molecular weight is 286 g/mol. The minimum atomic E-state index is 0.0197. The van der Waals surface area contributed by atoms with Crippen molar-refractivity contribution in [1.82, 2.24) is 0 Å². The van der Waals surface area contributed by atoms with Gasteiger partial charge < -0.3 is 10.1 Å². The quantitative estimate of drug-likeness (QED) is 0.919. The van der Waals surface area contributed by atoms with Crippen LogP contribution >= 0.6 is 15.9 Å². The van der Waals surface area contributed by atoms with Gasteiger partial charge in [0.1, 0.15) is 5.75 Å². The van der Waals surface area contributed by atoms with E-state index in [2.05, 4.69) is 21.2 Å². The Morgan fingerprint density at radius 2 is 2.19 bits per heavy atom. The maximum Gasteiger partial charge on any atom is 0.224 e. The van der Waals surface area contributed by atoms with Crippen molar-refractivity contribution < 1.29 is 9.53 Å². The largest absolute Gasteiger partial charge is 0.495 e. The first-order valence-corrected chi connectivity index (χ1v) is 6.01. The van der Waals surface area contributed by atoms with Gasteiger partial charge in [0.15, 0.2) is 0 Å². The summed E-state index contributed by atoms with van der Waals surface area (Å²) >= 11 is 3.39. The van der Waals surface area contributed by atoms with Gasteiger partial charge in [-0.05, 0) is 31.0 Å². The Labute approximate surface area is 104 Å². The highest BCUT2D eigenvalue weighted by molar-refractivity contribution is 9.10. The zero-order valence-electron chi connectivity index (χ0n) is 9.76. The van der Waals surface area contributed by atoms with Crippen LogP contribution < -0.4 is 10.1 Å². The lowest BCUT2D eigenvalue weighted by Crippen LogP contribution is -2.12. The van der Waals surface area contributed by atoms with Gasteiger partial charge >= 0.3 is 0 Å². The Morgan fingerprint density at radius 3 is 2.75 bits per heavy atom. The normalized spacial score (nSPS) is 10.0. The molecule has 0 fully saturated rings. The summed E-state index contributed by atoms with van der Waals surface area (Å²) in [7, 11) is 1.59. The highest BCUT2D eigenvalue weighted by atomic mass is 79.9. The van der Waals surface area contributed by atoms with Gasteiger partial charge in [-0.1, -0.05) is 22.9 Å². The highest BCUT2D eigenvalue weighted by Crippen LogP contribution is 2.32. The Kier molecular flexibility index (Phi) is 4.80. The second kappa shape index (κ2) is 5.89. The van der Waals surface area contributed by atoms with Gasteiger partial charge in [0.25, 0.3) is 0 Å². The molecule has 88 valence electrons. The summed E-state index contributed by atoms with van der Waals surface area (Å²) in [5.41, 5.74) is 1.74. The number of benzene rings is 1. The van der Waals surface area contributed by atoms with Gasteiger partial charge in [-0.3, -0.25) is 4.79 Å². The number of methoxy groups -OCH3 is 1. The molecule has 3 nitrogen and oxygen atoms in total. The lowest BCUT2D eigenvalue weighted by Gasteiger charge is -2.13. The Balaban J connectivity index is 2.98.